The first kappa shape index (κ1) is 17.4. The lowest BCUT2D eigenvalue weighted by Gasteiger charge is -2.29. The van der Waals surface area contributed by atoms with Crippen molar-refractivity contribution in [3.05, 3.63) is 77.0 Å². The van der Waals surface area contributed by atoms with E-state index >= 15 is 0 Å². The van der Waals surface area contributed by atoms with E-state index in [4.69, 9.17) is 0 Å². The molecule has 1 heterocycles. The van der Waals surface area contributed by atoms with Crippen molar-refractivity contribution in [1.29, 1.82) is 0 Å². The van der Waals surface area contributed by atoms with Crippen molar-refractivity contribution in [2.24, 2.45) is 0 Å². The second kappa shape index (κ2) is 6.80. The Morgan fingerprint density at radius 3 is 2.44 bits per heavy atom. The summed E-state index contributed by atoms with van der Waals surface area (Å²) < 4.78 is 36.9. The van der Waals surface area contributed by atoms with E-state index in [9.17, 15) is 17.6 Å². The van der Waals surface area contributed by atoms with Crippen LogP contribution in [-0.4, -0.2) is 26.1 Å². The summed E-state index contributed by atoms with van der Waals surface area (Å²) >= 11 is 0. The normalized spacial score (nSPS) is 18.2. The molecule has 0 N–H and O–H groups in total. The van der Waals surface area contributed by atoms with Crippen LogP contribution >= 0.6 is 0 Å². The number of hydrogen-bond acceptors (Lipinski definition) is 3. The molecule has 1 amide bonds. The molecule has 0 saturated carbocycles. The average Bonchev–Trinajstić information content (AvgIpc) is 2.95. The van der Waals surface area contributed by atoms with Crippen molar-refractivity contribution in [3.63, 3.8) is 0 Å². The largest absolute Gasteiger partial charge is 0.300 e. The topological polar surface area (TPSA) is 54.5 Å². The molecule has 1 aliphatic heterocycles. The number of amides is 1. The van der Waals surface area contributed by atoms with Crippen LogP contribution < -0.4 is 4.90 Å². The molecule has 0 fully saturated rings. The number of carbonyl (C=O) groups is 1. The Kier molecular flexibility index (Phi) is 4.72. The fourth-order valence-electron chi connectivity index (χ4n) is 2.94. The maximum Gasteiger partial charge on any atom is 0.258 e. The Balaban J connectivity index is 2.07. The smallest absolute Gasteiger partial charge is 0.258 e. The van der Waals surface area contributed by atoms with Gasteiger partial charge in [0.15, 0.2) is 9.84 Å². The fraction of sp³-hybridized carbons (Fsp3) is 0.211. The van der Waals surface area contributed by atoms with Crippen molar-refractivity contribution in [2.75, 3.05) is 10.7 Å². The summed E-state index contributed by atoms with van der Waals surface area (Å²) in [5.41, 5.74) is 1.92. The predicted molar refractivity (Wildman–Crippen MR) is 95.7 cm³/mol. The maximum absolute atomic E-state index is 13.2. The Labute approximate surface area is 146 Å². The minimum Gasteiger partial charge on any atom is -0.300 e. The van der Waals surface area contributed by atoms with Crippen LogP contribution in [0.4, 0.5) is 10.1 Å². The van der Waals surface area contributed by atoms with Crippen LogP contribution in [0.1, 0.15) is 22.8 Å². The molecule has 2 aromatic rings. The highest BCUT2D eigenvalue weighted by molar-refractivity contribution is 7.94. The van der Waals surface area contributed by atoms with Gasteiger partial charge in [-0.3, -0.25) is 4.79 Å². The molecule has 25 heavy (non-hydrogen) atoms. The number of nitrogens with zero attached hydrogens (tertiary/aromatic N) is 1. The molecule has 2 aromatic carbocycles. The van der Waals surface area contributed by atoms with Gasteiger partial charge in [-0.05, 0) is 48.4 Å². The number of aryl methyl sites for hydroxylation is 1. The highest BCUT2D eigenvalue weighted by atomic mass is 32.2. The summed E-state index contributed by atoms with van der Waals surface area (Å²) in [4.78, 5) is 14.6. The van der Waals surface area contributed by atoms with Gasteiger partial charge < -0.3 is 4.90 Å². The van der Waals surface area contributed by atoms with Crippen LogP contribution in [0, 0.1) is 5.82 Å². The minimum atomic E-state index is -3.32. The monoisotopic (exact) mass is 359 g/mol. The predicted octanol–water partition coefficient (Wildman–Crippen LogP) is 3.35. The fourth-order valence-corrected chi connectivity index (χ4v) is 4.20. The number of sulfone groups is 1. The van der Waals surface area contributed by atoms with Crippen molar-refractivity contribution < 1.29 is 17.6 Å². The van der Waals surface area contributed by atoms with Gasteiger partial charge in [0, 0.05) is 16.7 Å². The first-order valence-electron chi connectivity index (χ1n) is 7.99. The first-order chi connectivity index (χ1) is 11.9. The zero-order valence-electron chi connectivity index (χ0n) is 13.7. The summed E-state index contributed by atoms with van der Waals surface area (Å²) in [5, 5.41) is 1.15. The molecule has 130 valence electrons. The summed E-state index contributed by atoms with van der Waals surface area (Å²) in [7, 11) is -3.32. The van der Waals surface area contributed by atoms with E-state index in [0.717, 1.165) is 11.0 Å². The van der Waals surface area contributed by atoms with Crippen molar-refractivity contribution >= 4 is 21.4 Å². The number of benzene rings is 2. The van der Waals surface area contributed by atoms with E-state index in [0.29, 0.717) is 17.7 Å². The van der Waals surface area contributed by atoms with Crippen LogP contribution in [0.25, 0.3) is 0 Å². The van der Waals surface area contributed by atoms with Gasteiger partial charge in [0.25, 0.3) is 5.91 Å². The second-order valence-electron chi connectivity index (χ2n) is 5.89. The summed E-state index contributed by atoms with van der Waals surface area (Å²) in [6.07, 6.45) is 2.23. The molecule has 0 aromatic heterocycles. The van der Waals surface area contributed by atoms with E-state index in [1.807, 2.05) is 25.1 Å². The van der Waals surface area contributed by atoms with Gasteiger partial charge in [0.1, 0.15) is 5.82 Å². The molecular formula is C19H18FNO3S. The van der Waals surface area contributed by atoms with Crippen molar-refractivity contribution in [3.8, 4) is 0 Å². The lowest BCUT2D eigenvalue weighted by molar-refractivity contribution is 0.0983. The molecule has 1 atom stereocenters. The van der Waals surface area contributed by atoms with Crippen LogP contribution in [0.5, 0.6) is 0 Å². The Hall–Kier alpha value is -2.47. The number of anilines is 1. The van der Waals surface area contributed by atoms with Gasteiger partial charge in [-0.2, -0.15) is 0 Å². The lowest BCUT2D eigenvalue weighted by Crippen LogP contribution is -2.41. The van der Waals surface area contributed by atoms with E-state index in [1.165, 1.54) is 35.2 Å². The van der Waals surface area contributed by atoms with Gasteiger partial charge in [0.05, 0.1) is 11.8 Å². The third-order valence-electron chi connectivity index (χ3n) is 4.18. The van der Waals surface area contributed by atoms with Crippen LogP contribution in [0.2, 0.25) is 0 Å². The molecule has 0 saturated heterocycles. The van der Waals surface area contributed by atoms with Crippen molar-refractivity contribution in [2.45, 2.75) is 19.4 Å². The average molecular weight is 359 g/mol. The molecule has 1 aliphatic rings. The zero-order chi connectivity index (χ0) is 18.0. The Morgan fingerprint density at radius 1 is 1.16 bits per heavy atom. The summed E-state index contributed by atoms with van der Waals surface area (Å²) in [6, 6.07) is 12.1. The summed E-state index contributed by atoms with van der Waals surface area (Å²) in [5.74, 6) is -0.939. The number of halogens is 1. The van der Waals surface area contributed by atoms with E-state index in [2.05, 4.69) is 0 Å². The SMILES string of the molecule is CCc1ccccc1N(C(=O)c1ccc(F)cc1)C1C=CS(=O)(=O)C1. The maximum atomic E-state index is 13.2. The van der Waals surface area contributed by atoms with Gasteiger partial charge in [0.2, 0.25) is 0 Å². The number of rotatable bonds is 4. The van der Waals surface area contributed by atoms with Gasteiger partial charge in [-0.1, -0.05) is 25.1 Å². The second-order valence-corrected chi connectivity index (χ2v) is 7.82. The molecule has 3 rings (SSSR count). The van der Waals surface area contributed by atoms with Crippen LogP contribution in [0.3, 0.4) is 0 Å². The van der Waals surface area contributed by atoms with Gasteiger partial charge in [-0.15, -0.1) is 0 Å². The number of para-hydroxylation sites is 1. The molecule has 0 bridgehead atoms. The minimum absolute atomic E-state index is 0.155. The number of hydrogen-bond donors (Lipinski definition) is 0. The molecular weight excluding hydrogens is 341 g/mol. The lowest BCUT2D eigenvalue weighted by atomic mass is 10.1. The first-order valence-corrected chi connectivity index (χ1v) is 9.71. The highest BCUT2D eigenvalue weighted by Gasteiger charge is 2.32. The quantitative estimate of drug-likeness (QED) is 0.841. The van der Waals surface area contributed by atoms with E-state index < -0.39 is 21.7 Å². The van der Waals surface area contributed by atoms with Crippen LogP contribution in [0.15, 0.2) is 60.0 Å². The summed E-state index contributed by atoms with van der Waals surface area (Å²) in [6.45, 7) is 1.97. The van der Waals surface area contributed by atoms with Crippen LogP contribution in [-0.2, 0) is 16.3 Å². The number of carbonyl (C=O) groups excluding carboxylic acids is 1. The molecule has 1 unspecified atom stereocenters. The Bertz CT molecular complexity index is 920. The van der Waals surface area contributed by atoms with E-state index in [-0.39, 0.29) is 11.7 Å². The molecule has 0 radical (unpaired) electrons. The molecule has 4 nitrogen and oxygen atoms in total. The van der Waals surface area contributed by atoms with E-state index in [1.54, 1.807) is 6.07 Å². The Morgan fingerprint density at radius 2 is 1.84 bits per heavy atom. The zero-order valence-corrected chi connectivity index (χ0v) is 14.5. The van der Waals surface area contributed by atoms with Gasteiger partial charge >= 0.3 is 0 Å². The third-order valence-corrected chi connectivity index (χ3v) is 5.56. The highest BCUT2D eigenvalue weighted by Crippen LogP contribution is 2.28. The standard InChI is InChI=1S/C19H18FNO3S/c1-2-14-5-3-4-6-18(14)21(17-11-12-25(23,24)13-17)19(22)15-7-9-16(20)10-8-15/h3-12,17H,2,13H2,1H3. The van der Waals surface area contributed by atoms with Crippen molar-refractivity contribution in [1.82, 2.24) is 0 Å². The third kappa shape index (κ3) is 3.64. The molecule has 0 spiro atoms. The molecule has 0 aliphatic carbocycles. The molecule has 6 heteroatoms. The van der Waals surface area contributed by atoms with Gasteiger partial charge in [-0.25, -0.2) is 12.8 Å².